The van der Waals surface area contributed by atoms with E-state index in [4.69, 9.17) is 29.8 Å². The van der Waals surface area contributed by atoms with Crippen LogP contribution in [-0.2, 0) is 20.9 Å². The predicted octanol–water partition coefficient (Wildman–Crippen LogP) is 4.25. The summed E-state index contributed by atoms with van der Waals surface area (Å²) >= 11 is 5.36. The molecule has 0 fully saturated rings. The van der Waals surface area contributed by atoms with Crippen LogP contribution >= 0.6 is 6.72 Å². The average molecular weight is 342 g/mol. The van der Waals surface area contributed by atoms with Crippen LogP contribution in [0.25, 0.3) is 11.0 Å². The van der Waals surface area contributed by atoms with Crippen molar-refractivity contribution in [1.82, 2.24) is 0 Å². The zero-order valence-corrected chi connectivity index (χ0v) is 14.3. The molecule has 0 N–H and O–H groups in total. The summed E-state index contributed by atoms with van der Waals surface area (Å²) in [5.41, 5.74) is -0.0924. The first-order chi connectivity index (χ1) is 10.6. The smallest absolute Gasteiger partial charge is 0.380 e. The van der Waals surface area contributed by atoms with Gasteiger partial charge in [0.05, 0.1) is 13.2 Å². The Kier molecular flexibility index (Phi) is 6.15. The quantitative estimate of drug-likeness (QED) is 0.528. The maximum absolute atomic E-state index is 12.0. The molecule has 0 spiro atoms. The molecular weight excluding hydrogens is 323 g/mol. The third-order valence-corrected chi connectivity index (χ3v) is 5.00. The molecule has 1 heterocycles. The topological polar surface area (TPSA) is 57.9 Å². The highest BCUT2D eigenvalue weighted by atomic mass is 32.5. The van der Waals surface area contributed by atoms with Crippen molar-refractivity contribution in [3.05, 3.63) is 40.8 Å². The highest BCUT2D eigenvalue weighted by Gasteiger charge is 2.24. The second kappa shape index (κ2) is 7.88. The van der Waals surface area contributed by atoms with E-state index in [0.717, 1.165) is 18.2 Å². The van der Waals surface area contributed by atoms with E-state index in [0.29, 0.717) is 18.8 Å². The Morgan fingerprint density at radius 2 is 1.77 bits per heavy atom. The molecule has 0 amide bonds. The van der Waals surface area contributed by atoms with Gasteiger partial charge in [0, 0.05) is 17.2 Å². The summed E-state index contributed by atoms with van der Waals surface area (Å²) < 4.78 is 22.0. The normalized spacial score (nSPS) is 11.7. The summed E-state index contributed by atoms with van der Waals surface area (Å²) in [6.45, 7) is 1.75. The number of para-hydroxylation sites is 1. The van der Waals surface area contributed by atoms with Gasteiger partial charge in [0.2, 0.25) is 5.75 Å². The predicted molar refractivity (Wildman–Crippen MR) is 89.9 cm³/mol. The summed E-state index contributed by atoms with van der Waals surface area (Å²) in [4.78, 5) is 12.0. The van der Waals surface area contributed by atoms with E-state index in [1.165, 1.54) is 0 Å². The van der Waals surface area contributed by atoms with Gasteiger partial charge in [-0.1, -0.05) is 32.0 Å². The molecule has 0 bridgehead atoms. The van der Waals surface area contributed by atoms with Crippen LogP contribution in [0.15, 0.2) is 39.5 Å². The molecule has 0 saturated heterocycles. The Labute approximate surface area is 134 Å². The van der Waals surface area contributed by atoms with E-state index in [1.807, 2.05) is 26.0 Å². The molecule has 0 aliphatic rings. The van der Waals surface area contributed by atoms with Crippen LogP contribution < -0.4 is 10.1 Å². The van der Waals surface area contributed by atoms with Crippen molar-refractivity contribution in [2.45, 2.75) is 26.7 Å². The molecule has 22 heavy (non-hydrogen) atoms. The molecule has 0 aliphatic heterocycles. The molecular formula is C15H19O5PS. The summed E-state index contributed by atoms with van der Waals surface area (Å²) in [6, 6.07) is 8.80. The van der Waals surface area contributed by atoms with Crippen LogP contribution in [0, 0.1) is 0 Å². The van der Waals surface area contributed by atoms with Crippen molar-refractivity contribution in [2.24, 2.45) is 0 Å². The summed E-state index contributed by atoms with van der Waals surface area (Å²) in [5, 5.41) is 0.754. The minimum absolute atomic E-state index is 0.0224. The summed E-state index contributed by atoms with van der Waals surface area (Å²) in [7, 11) is 0. The zero-order chi connectivity index (χ0) is 16.0. The molecule has 7 heteroatoms. The van der Waals surface area contributed by atoms with E-state index in [1.54, 1.807) is 18.2 Å². The van der Waals surface area contributed by atoms with Crippen LogP contribution in [-0.4, -0.2) is 13.2 Å². The van der Waals surface area contributed by atoms with Gasteiger partial charge >= 0.3 is 12.3 Å². The van der Waals surface area contributed by atoms with E-state index >= 15 is 0 Å². The van der Waals surface area contributed by atoms with Gasteiger partial charge < -0.3 is 8.94 Å². The fourth-order valence-electron chi connectivity index (χ4n) is 1.72. The number of benzene rings is 1. The first-order valence-electron chi connectivity index (χ1n) is 7.19. The highest BCUT2D eigenvalue weighted by molar-refractivity contribution is 8.07. The molecule has 0 saturated carbocycles. The van der Waals surface area contributed by atoms with Gasteiger partial charge in [-0.2, -0.15) is 0 Å². The van der Waals surface area contributed by atoms with Crippen molar-refractivity contribution >= 4 is 29.5 Å². The monoisotopic (exact) mass is 342 g/mol. The second-order valence-corrected chi connectivity index (χ2v) is 7.58. The van der Waals surface area contributed by atoms with Crippen molar-refractivity contribution in [3.8, 4) is 5.75 Å². The number of rotatable bonds is 8. The molecule has 0 unspecified atom stereocenters. The van der Waals surface area contributed by atoms with Gasteiger partial charge in [0.25, 0.3) is 0 Å². The lowest BCUT2D eigenvalue weighted by Crippen LogP contribution is -2.09. The molecule has 1 aromatic carbocycles. The third kappa shape index (κ3) is 4.40. The number of hydrogen-bond donors (Lipinski definition) is 0. The van der Waals surface area contributed by atoms with E-state index < -0.39 is 12.3 Å². The van der Waals surface area contributed by atoms with Crippen LogP contribution in [0.5, 0.6) is 5.75 Å². The van der Waals surface area contributed by atoms with Gasteiger partial charge in [-0.05, 0) is 25.0 Å². The maximum atomic E-state index is 12.0. The van der Waals surface area contributed by atoms with Crippen molar-refractivity contribution < 1.29 is 18.0 Å². The van der Waals surface area contributed by atoms with Gasteiger partial charge in [-0.15, -0.1) is 0 Å². The Morgan fingerprint density at radius 1 is 1.14 bits per heavy atom. The number of hydrogen-bond acceptors (Lipinski definition) is 6. The van der Waals surface area contributed by atoms with E-state index in [2.05, 4.69) is 0 Å². The van der Waals surface area contributed by atoms with E-state index in [-0.39, 0.29) is 5.75 Å². The fourth-order valence-corrected chi connectivity index (χ4v) is 3.77. The largest absolute Gasteiger partial charge is 0.420 e. The second-order valence-electron chi connectivity index (χ2n) is 4.64. The van der Waals surface area contributed by atoms with Crippen molar-refractivity contribution in [1.29, 1.82) is 0 Å². The summed E-state index contributed by atoms with van der Waals surface area (Å²) in [5.74, 6) is 0.0224. The first-order valence-corrected chi connectivity index (χ1v) is 9.75. The van der Waals surface area contributed by atoms with Gasteiger partial charge in [-0.25, -0.2) is 4.79 Å². The third-order valence-electron chi connectivity index (χ3n) is 2.73. The Bertz CT molecular complexity index is 715. The van der Waals surface area contributed by atoms with Gasteiger partial charge in [-0.3, -0.25) is 9.05 Å². The zero-order valence-electron chi connectivity index (χ0n) is 12.6. The lowest BCUT2D eigenvalue weighted by Gasteiger charge is -2.21. The molecule has 120 valence electrons. The Hall–Kier alpha value is -1.20. The molecule has 0 radical (unpaired) electrons. The molecule has 1 aromatic heterocycles. The molecule has 5 nitrogen and oxygen atoms in total. The Balaban J connectivity index is 2.30. The molecule has 0 aliphatic carbocycles. The minimum atomic E-state index is -3.01. The van der Waals surface area contributed by atoms with Crippen molar-refractivity contribution in [2.75, 3.05) is 13.2 Å². The van der Waals surface area contributed by atoms with E-state index in [9.17, 15) is 4.79 Å². The molecule has 2 rings (SSSR count). The molecule has 0 atom stereocenters. The molecule has 2 aromatic rings. The standard InChI is InChI=1S/C15H19O5PS/c1-3-9-17-21(22,18-10-4-2)20-14-11-12-7-5-6-8-13(12)19-15(14)16/h5-8,11H,3-4,9-10H2,1-2H3. The minimum Gasteiger partial charge on any atom is -0.420 e. The van der Waals surface area contributed by atoms with Crippen LogP contribution in [0.1, 0.15) is 26.7 Å². The average Bonchev–Trinajstić information content (AvgIpc) is 2.52. The number of fused-ring (bicyclic) bond motifs is 1. The summed E-state index contributed by atoms with van der Waals surface area (Å²) in [6.07, 6.45) is 1.56. The van der Waals surface area contributed by atoms with Crippen LogP contribution in [0.3, 0.4) is 0 Å². The highest BCUT2D eigenvalue weighted by Crippen LogP contribution is 2.49. The van der Waals surface area contributed by atoms with Gasteiger partial charge in [0.15, 0.2) is 0 Å². The van der Waals surface area contributed by atoms with Crippen molar-refractivity contribution in [3.63, 3.8) is 0 Å². The van der Waals surface area contributed by atoms with Gasteiger partial charge in [0.1, 0.15) is 5.58 Å². The van der Waals surface area contributed by atoms with Crippen LogP contribution in [0.4, 0.5) is 0 Å². The SMILES string of the molecule is CCCOP(=S)(OCCC)Oc1cc2ccccc2oc1=O. The van der Waals surface area contributed by atoms with Crippen LogP contribution in [0.2, 0.25) is 0 Å². The Morgan fingerprint density at radius 3 is 2.41 bits per heavy atom. The lowest BCUT2D eigenvalue weighted by molar-refractivity contribution is 0.200. The first kappa shape index (κ1) is 17.2. The lowest BCUT2D eigenvalue weighted by atomic mass is 10.2. The maximum Gasteiger partial charge on any atom is 0.380 e. The fraction of sp³-hybridized carbons (Fsp3) is 0.400.